The normalized spacial score (nSPS) is 11.6. The van der Waals surface area contributed by atoms with Crippen molar-refractivity contribution in [2.24, 2.45) is 0 Å². The third kappa shape index (κ3) is 4.43. The minimum absolute atomic E-state index is 0.0103. The number of hydrogen-bond acceptors (Lipinski definition) is 2. The molecule has 0 fully saturated rings. The molecule has 3 nitrogen and oxygen atoms in total. The highest BCUT2D eigenvalue weighted by atomic mass is 32.1. The second kappa shape index (κ2) is 7.04. The van der Waals surface area contributed by atoms with Gasteiger partial charge in [0.05, 0.1) is 13.2 Å². The molecule has 0 saturated heterocycles. The number of halogens is 1. The van der Waals surface area contributed by atoms with Gasteiger partial charge in [-0.3, -0.25) is 0 Å². The first-order valence-corrected chi connectivity index (χ1v) is 6.96. The molecule has 0 heterocycles. The van der Waals surface area contributed by atoms with Gasteiger partial charge in [0.2, 0.25) is 0 Å². The van der Waals surface area contributed by atoms with Gasteiger partial charge in [-0.15, -0.1) is 0 Å². The average Bonchev–Trinajstić information content (AvgIpc) is 2.48. The summed E-state index contributed by atoms with van der Waals surface area (Å²) >= 11 is 5.27. The summed E-state index contributed by atoms with van der Waals surface area (Å²) in [5.74, 6) is 0.545. The lowest BCUT2D eigenvalue weighted by molar-refractivity contribution is 0.415. The minimum atomic E-state index is -0.245. The van der Waals surface area contributed by atoms with E-state index in [-0.39, 0.29) is 11.9 Å². The SMILES string of the molecule is COc1ccc(NC(=S)N[C@@H](C)c2ccc(F)cc2)cc1. The number of benzene rings is 2. The molecule has 2 N–H and O–H groups in total. The largest absolute Gasteiger partial charge is 0.497 e. The number of nitrogens with one attached hydrogen (secondary N) is 2. The van der Waals surface area contributed by atoms with E-state index in [4.69, 9.17) is 17.0 Å². The Morgan fingerprint density at radius 3 is 2.29 bits per heavy atom. The number of methoxy groups -OCH3 is 1. The molecule has 0 radical (unpaired) electrons. The van der Waals surface area contributed by atoms with Gasteiger partial charge in [0.25, 0.3) is 0 Å². The third-order valence-electron chi connectivity index (χ3n) is 3.07. The Balaban J connectivity index is 1.92. The Hall–Kier alpha value is -2.14. The molecule has 0 saturated carbocycles. The molecule has 0 aromatic heterocycles. The van der Waals surface area contributed by atoms with E-state index in [0.29, 0.717) is 5.11 Å². The molecule has 0 aliphatic heterocycles. The summed E-state index contributed by atoms with van der Waals surface area (Å²) in [5.41, 5.74) is 1.84. The molecule has 2 aromatic rings. The molecule has 2 aromatic carbocycles. The zero-order valence-corrected chi connectivity index (χ0v) is 12.7. The first-order chi connectivity index (χ1) is 10.1. The van der Waals surface area contributed by atoms with Crippen LogP contribution in [0.15, 0.2) is 48.5 Å². The zero-order chi connectivity index (χ0) is 15.2. The van der Waals surface area contributed by atoms with Gasteiger partial charge < -0.3 is 15.4 Å². The van der Waals surface area contributed by atoms with Crippen LogP contribution in [-0.2, 0) is 0 Å². The van der Waals surface area contributed by atoms with Crippen LogP contribution in [0.5, 0.6) is 5.75 Å². The van der Waals surface area contributed by atoms with Crippen LogP contribution in [0.25, 0.3) is 0 Å². The van der Waals surface area contributed by atoms with Crippen molar-refractivity contribution in [2.45, 2.75) is 13.0 Å². The highest BCUT2D eigenvalue weighted by Crippen LogP contribution is 2.16. The van der Waals surface area contributed by atoms with Gasteiger partial charge in [-0.1, -0.05) is 12.1 Å². The van der Waals surface area contributed by atoms with Crippen molar-refractivity contribution in [3.63, 3.8) is 0 Å². The van der Waals surface area contributed by atoms with Gasteiger partial charge in [0.1, 0.15) is 11.6 Å². The molecule has 0 aliphatic carbocycles. The monoisotopic (exact) mass is 304 g/mol. The Morgan fingerprint density at radius 2 is 1.71 bits per heavy atom. The summed E-state index contributed by atoms with van der Waals surface area (Å²) in [6.07, 6.45) is 0. The molecule has 0 spiro atoms. The highest BCUT2D eigenvalue weighted by Gasteiger charge is 2.07. The molecule has 21 heavy (non-hydrogen) atoms. The van der Waals surface area contributed by atoms with Gasteiger partial charge in [-0.2, -0.15) is 0 Å². The second-order valence-electron chi connectivity index (χ2n) is 4.60. The molecular formula is C16H17FN2OS. The maximum absolute atomic E-state index is 12.9. The van der Waals surface area contributed by atoms with Crippen molar-refractivity contribution >= 4 is 23.0 Å². The third-order valence-corrected chi connectivity index (χ3v) is 3.29. The van der Waals surface area contributed by atoms with Gasteiger partial charge >= 0.3 is 0 Å². The smallest absolute Gasteiger partial charge is 0.171 e. The number of hydrogen-bond donors (Lipinski definition) is 2. The van der Waals surface area contributed by atoms with Crippen LogP contribution in [0, 0.1) is 5.82 Å². The van der Waals surface area contributed by atoms with Crippen LogP contribution in [0.2, 0.25) is 0 Å². The van der Waals surface area contributed by atoms with Crippen LogP contribution >= 0.6 is 12.2 Å². The van der Waals surface area contributed by atoms with Crippen LogP contribution in [-0.4, -0.2) is 12.2 Å². The lowest BCUT2D eigenvalue weighted by Crippen LogP contribution is -2.30. The summed E-state index contributed by atoms with van der Waals surface area (Å²) in [6, 6.07) is 13.8. The van der Waals surface area contributed by atoms with E-state index in [2.05, 4.69) is 10.6 Å². The van der Waals surface area contributed by atoms with E-state index in [1.165, 1.54) is 12.1 Å². The molecule has 5 heteroatoms. The van der Waals surface area contributed by atoms with Crippen LogP contribution < -0.4 is 15.4 Å². The number of ether oxygens (including phenoxy) is 1. The van der Waals surface area contributed by atoms with Crippen LogP contribution in [0.1, 0.15) is 18.5 Å². The average molecular weight is 304 g/mol. The summed E-state index contributed by atoms with van der Waals surface area (Å²) < 4.78 is 18.0. The fraction of sp³-hybridized carbons (Fsp3) is 0.188. The molecule has 0 aliphatic rings. The van der Waals surface area contributed by atoms with Gasteiger partial charge in [0.15, 0.2) is 5.11 Å². The van der Waals surface area contributed by atoms with Crippen molar-refractivity contribution in [1.29, 1.82) is 0 Å². The first-order valence-electron chi connectivity index (χ1n) is 6.55. The quantitative estimate of drug-likeness (QED) is 0.840. The number of thiocarbonyl (C=S) groups is 1. The highest BCUT2D eigenvalue weighted by molar-refractivity contribution is 7.80. The molecule has 0 amide bonds. The second-order valence-corrected chi connectivity index (χ2v) is 5.01. The minimum Gasteiger partial charge on any atom is -0.497 e. The predicted octanol–water partition coefficient (Wildman–Crippen LogP) is 3.88. The van der Waals surface area contributed by atoms with E-state index in [1.807, 2.05) is 31.2 Å². The van der Waals surface area contributed by atoms with Crippen molar-refractivity contribution in [3.05, 3.63) is 59.9 Å². The molecule has 110 valence electrons. The zero-order valence-electron chi connectivity index (χ0n) is 11.9. The Kier molecular flexibility index (Phi) is 5.11. The van der Waals surface area contributed by atoms with Gasteiger partial charge in [-0.25, -0.2) is 4.39 Å². The Bertz CT molecular complexity index is 599. The molecule has 1 atom stereocenters. The standard InChI is InChI=1S/C16H17FN2OS/c1-11(12-3-5-13(17)6-4-12)18-16(21)19-14-7-9-15(20-2)10-8-14/h3-11H,1-2H3,(H2,18,19,21)/t11-/m0/s1. The fourth-order valence-corrected chi connectivity index (χ4v) is 2.17. The lowest BCUT2D eigenvalue weighted by atomic mass is 10.1. The fourth-order valence-electron chi connectivity index (χ4n) is 1.87. The summed E-state index contributed by atoms with van der Waals surface area (Å²) in [7, 11) is 1.62. The van der Waals surface area contributed by atoms with E-state index in [0.717, 1.165) is 17.0 Å². The Labute approximate surface area is 129 Å². The van der Waals surface area contributed by atoms with Gasteiger partial charge in [0, 0.05) is 5.69 Å². The topological polar surface area (TPSA) is 33.3 Å². The van der Waals surface area contributed by atoms with Crippen molar-refractivity contribution in [2.75, 3.05) is 12.4 Å². The molecule has 2 rings (SSSR count). The molecule has 0 bridgehead atoms. The van der Waals surface area contributed by atoms with E-state index < -0.39 is 0 Å². The maximum atomic E-state index is 12.9. The van der Waals surface area contributed by atoms with E-state index >= 15 is 0 Å². The molecule has 0 unspecified atom stereocenters. The lowest BCUT2D eigenvalue weighted by Gasteiger charge is -2.17. The van der Waals surface area contributed by atoms with Crippen molar-refractivity contribution in [3.8, 4) is 5.75 Å². The molecular weight excluding hydrogens is 287 g/mol. The summed E-state index contributed by atoms with van der Waals surface area (Å²) in [6.45, 7) is 1.97. The van der Waals surface area contributed by atoms with E-state index in [9.17, 15) is 4.39 Å². The number of rotatable bonds is 4. The Morgan fingerprint density at radius 1 is 1.10 bits per heavy atom. The van der Waals surface area contributed by atoms with Crippen LogP contribution in [0.4, 0.5) is 10.1 Å². The number of anilines is 1. The predicted molar refractivity (Wildman–Crippen MR) is 87.2 cm³/mol. The van der Waals surface area contributed by atoms with Crippen molar-refractivity contribution < 1.29 is 9.13 Å². The van der Waals surface area contributed by atoms with E-state index in [1.54, 1.807) is 19.2 Å². The van der Waals surface area contributed by atoms with Gasteiger partial charge in [-0.05, 0) is 61.1 Å². The van der Waals surface area contributed by atoms with Crippen molar-refractivity contribution in [1.82, 2.24) is 5.32 Å². The maximum Gasteiger partial charge on any atom is 0.171 e. The summed E-state index contributed by atoms with van der Waals surface area (Å²) in [4.78, 5) is 0. The summed E-state index contributed by atoms with van der Waals surface area (Å²) in [5, 5.41) is 6.77. The first kappa shape index (κ1) is 15.3. The van der Waals surface area contributed by atoms with Crippen LogP contribution in [0.3, 0.4) is 0 Å².